The lowest BCUT2D eigenvalue weighted by Gasteiger charge is -2.22. The van der Waals surface area contributed by atoms with E-state index in [4.69, 9.17) is 9.47 Å². The van der Waals surface area contributed by atoms with Crippen LogP contribution in [-0.2, 0) is 25.7 Å². The monoisotopic (exact) mass is 334 g/mol. The molecule has 0 saturated carbocycles. The van der Waals surface area contributed by atoms with E-state index in [1.54, 1.807) is 6.92 Å². The molecule has 4 nitrogen and oxygen atoms in total. The van der Waals surface area contributed by atoms with Gasteiger partial charge in [-0.15, -0.1) is 0 Å². The summed E-state index contributed by atoms with van der Waals surface area (Å²) >= 11 is 0. The van der Waals surface area contributed by atoms with Crippen molar-refractivity contribution in [3.05, 3.63) is 35.9 Å². The van der Waals surface area contributed by atoms with Crippen molar-refractivity contribution in [2.75, 3.05) is 0 Å². The minimum Gasteiger partial charge on any atom is -0.462 e. The summed E-state index contributed by atoms with van der Waals surface area (Å²) < 4.78 is 10.9. The van der Waals surface area contributed by atoms with Gasteiger partial charge in [0.1, 0.15) is 12.7 Å². The summed E-state index contributed by atoms with van der Waals surface area (Å²) in [6.45, 7) is 8.23. The maximum absolute atomic E-state index is 12.4. The highest BCUT2D eigenvalue weighted by Gasteiger charge is 2.30. The van der Waals surface area contributed by atoms with Crippen LogP contribution in [0.5, 0.6) is 0 Å². The third-order valence-electron chi connectivity index (χ3n) is 3.83. The maximum Gasteiger partial charge on any atom is 0.320 e. The Morgan fingerprint density at radius 3 is 2.25 bits per heavy atom. The Bertz CT molecular complexity index is 496. The van der Waals surface area contributed by atoms with E-state index in [0.717, 1.165) is 24.8 Å². The summed E-state index contributed by atoms with van der Waals surface area (Å²) in [5, 5.41) is 0. The summed E-state index contributed by atoms with van der Waals surface area (Å²) in [6.07, 6.45) is 2.83. The van der Waals surface area contributed by atoms with Crippen LogP contribution in [0.3, 0.4) is 0 Å². The maximum atomic E-state index is 12.4. The molecular formula is C20H30O4. The van der Waals surface area contributed by atoms with Crippen molar-refractivity contribution in [2.24, 2.45) is 11.8 Å². The fraction of sp³-hybridized carbons (Fsp3) is 0.600. The predicted molar refractivity (Wildman–Crippen MR) is 94.3 cm³/mol. The molecule has 0 N–H and O–H groups in total. The van der Waals surface area contributed by atoms with Crippen LogP contribution >= 0.6 is 0 Å². The Morgan fingerprint density at radius 1 is 1.04 bits per heavy atom. The third kappa shape index (κ3) is 7.16. The molecule has 0 saturated heterocycles. The molecule has 0 bridgehead atoms. The van der Waals surface area contributed by atoms with Gasteiger partial charge in [-0.1, -0.05) is 64.4 Å². The van der Waals surface area contributed by atoms with Crippen LogP contribution in [0.4, 0.5) is 0 Å². The van der Waals surface area contributed by atoms with Crippen LogP contribution in [0.15, 0.2) is 30.3 Å². The van der Waals surface area contributed by atoms with Gasteiger partial charge in [-0.3, -0.25) is 9.59 Å². The molecule has 1 aromatic carbocycles. The molecule has 1 aromatic rings. The van der Waals surface area contributed by atoms with Crippen molar-refractivity contribution < 1.29 is 19.1 Å². The number of carbonyl (C=O) groups excluding carboxylic acids is 2. The second kappa shape index (κ2) is 10.8. The number of ether oxygens (including phenoxy) is 2. The first-order valence-electron chi connectivity index (χ1n) is 8.88. The fourth-order valence-electron chi connectivity index (χ4n) is 2.58. The van der Waals surface area contributed by atoms with Crippen molar-refractivity contribution in [2.45, 2.75) is 66.1 Å². The van der Waals surface area contributed by atoms with Crippen LogP contribution in [0.25, 0.3) is 0 Å². The van der Waals surface area contributed by atoms with Crippen molar-refractivity contribution in [1.29, 1.82) is 0 Å². The molecule has 134 valence electrons. The molecule has 0 aliphatic heterocycles. The number of hydrogen-bond acceptors (Lipinski definition) is 4. The molecule has 0 radical (unpaired) electrons. The molecule has 2 atom stereocenters. The zero-order valence-corrected chi connectivity index (χ0v) is 15.3. The average Bonchev–Trinajstić information content (AvgIpc) is 2.54. The van der Waals surface area contributed by atoms with Crippen molar-refractivity contribution >= 4 is 11.9 Å². The Balaban J connectivity index is 2.58. The van der Waals surface area contributed by atoms with Crippen LogP contribution in [-0.4, -0.2) is 18.0 Å². The van der Waals surface area contributed by atoms with Gasteiger partial charge >= 0.3 is 11.9 Å². The molecular weight excluding hydrogens is 304 g/mol. The highest BCUT2D eigenvalue weighted by atomic mass is 16.6. The zero-order valence-electron chi connectivity index (χ0n) is 15.3. The molecule has 1 rings (SSSR count). The van der Waals surface area contributed by atoms with E-state index in [2.05, 4.69) is 20.8 Å². The molecule has 0 aromatic heterocycles. The van der Waals surface area contributed by atoms with Gasteiger partial charge in [0.25, 0.3) is 0 Å². The molecule has 0 heterocycles. The van der Waals surface area contributed by atoms with E-state index in [1.807, 2.05) is 30.3 Å². The van der Waals surface area contributed by atoms with Crippen LogP contribution in [0.1, 0.15) is 58.9 Å². The molecule has 0 spiro atoms. The van der Waals surface area contributed by atoms with Gasteiger partial charge in [0, 0.05) is 0 Å². The summed E-state index contributed by atoms with van der Waals surface area (Å²) in [5.74, 6) is -1.37. The number of rotatable bonds is 10. The van der Waals surface area contributed by atoms with E-state index in [9.17, 15) is 9.59 Å². The Hall–Kier alpha value is -1.84. The molecule has 4 heteroatoms. The van der Waals surface area contributed by atoms with Crippen LogP contribution < -0.4 is 0 Å². The Morgan fingerprint density at radius 2 is 1.71 bits per heavy atom. The lowest BCUT2D eigenvalue weighted by atomic mass is 10.0. The Labute approximate surface area is 145 Å². The minimum absolute atomic E-state index is 0.126. The second-order valence-corrected chi connectivity index (χ2v) is 6.53. The number of hydrogen-bond donors (Lipinski definition) is 0. The van der Waals surface area contributed by atoms with Crippen LogP contribution in [0, 0.1) is 11.8 Å². The van der Waals surface area contributed by atoms with Gasteiger partial charge < -0.3 is 9.47 Å². The normalized spacial score (nSPS) is 13.4. The number of benzene rings is 1. The lowest BCUT2D eigenvalue weighted by molar-refractivity contribution is -0.166. The predicted octanol–water partition coefficient (Wildman–Crippen LogP) is 4.51. The van der Waals surface area contributed by atoms with Gasteiger partial charge in [-0.2, -0.15) is 0 Å². The van der Waals surface area contributed by atoms with Crippen molar-refractivity contribution in [3.63, 3.8) is 0 Å². The smallest absolute Gasteiger partial charge is 0.320 e. The number of carbonyl (C=O) groups is 2. The largest absolute Gasteiger partial charge is 0.462 e. The SMILES string of the molecule is CCCC(CC(C)C)OC(=O)C(CC)C(=O)OCc1ccccc1. The highest BCUT2D eigenvalue weighted by Crippen LogP contribution is 2.18. The van der Waals surface area contributed by atoms with Gasteiger partial charge in [0.15, 0.2) is 5.92 Å². The molecule has 0 aliphatic carbocycles. The first kappa shape index (κ1) is 20.2. The average molecular weight is 334 g/mol. The second-order valence-electron chi connectivity index (χ2n) is 6.53. The van der Waals surface area contributed by atoms with Crippen molar-refractivity contribution in [3.8, 4) is 0 Å². The highest BCUT2D eigenvalue weighted by molar-refractivity contribution is 5.94. The molecule has 2 unspecified atom stereocenters. The van der Waals surface area contributed by atoms with Gasteiger partial charge in [0.05, 0.1) is 0 Å². The van der Waals surface area contributed by atoms with Gasteiger partial charge in [-0.25, -0.2) is 0 Å². The van der Waals surface area contributed by atoms with Gasteiger partial charge in [0.2, 0.25) is 0 Å². The first-order valence-corrected chi connectivity index (χ1v) is 8.88. The Kier molecular flexibility index (Phi) is 9.13. The summed E-state index contributed by atoms with van der Waals surface area (Å²) in [5.41, 5.74) is 0.901. The molecule has 0 fully saturated rings. The van der Waals surface area contributed by atoms with Crippen molar-refractivity contribution in [1.82, 2.24) is 0 Å². The van der Waals surface area contributed by atoms with Gasteiger partial charge in [-0.05, 0) is 30.7 Å². The van der Waals surface area contributed by atoms with Crippen LogP contribution in [0.2, 0.25) is 0 Å². The standard InChI is InChI=1S/C20H30O4/c1-5-10-17(13-15(3)4)24-20(22)18(6-2)19(21)23-14-16-11-8-7-9-12-16/h7-9,11-12,15,17-18H,5-6,10,13-14H2,1-4H3. The summed E-state index contributed by atoms with van der Waals surface area (Å²) in [6, 6.07) is 9.44. The molecule has 0 aliphatic rings. The molecule has 0 amide bonds. The van der Waals surface area contributed by atoms with E-state index in [0.29, 0.717) is 12.3 Å². The summed E-state index contributed by atoms with van der Waals surface area (Å²) in [4.78, 5) is 24.6. The van der Waals surface area contributed by atoms with E-state index in [-0.39, 0.29) is 12.7 Å². The minimum atomic E-state index is -0.847. The van der Waals surface area contributed by atoms with E-state index >= 15 is 0 Å². The number of esters is 2. The topological polar surface area (TPSA) is 52.6 Å². The first-order chi connectivity index (χ1) is 11.5. The lowest BCUT2D eigenvalue weighted by Crippen LogP contribution is -2.31. The summed E-state index contributed by atoms with van der Waals surface area (Å²) in [7, 11) is 0. The van der Waals surface area contributed by atoms with E-state index in [1.165, 1.54) is 0 Å². The third-order valence-corrected chi connectivity index (χ3v) is 3.83. The quantitative estimate of drug-likeness (QED) is 0.466. The zero-order chi connectivity index (χ0) is 17.9. The fourth-order valence-corrected chi connectivity index (χ4v) is 2.58. The van der Waals surface area contributed by atoms with E-state index < -0.39 is 17.9 Å². The molecule has 24 heavy (non-hydrogen) atoms.